The van der Waals surface area contributed by atoms with Crippen LogP contribution >= 0.6 is 0 Å². The van der Waals surface area contributed by atoms with E-state index in [0.29, 0.717) is 11.5 Å². The Kier molecular flexibility index (Phi) is 4.22. The molecule has 116 valence electrons. The lowest BCUT2D eigenvalue weighted by atomic mass is 9.99. The third-order valence-electron chi connectivity index (χ3n) is 4.55. The van der Waals surface area contributed by atoms with Gasteiger partial charge in [0.15, 0.2) is 9.84 Å². The molecule has 2 aliphatic rings. The highest BCUT2D eigenvalue weighted by Gasteiger charge is 2.24. The van der Waals surface area contributed by atoms with Gasteiger partial charge in [0.05, 0.1) is 11.5 Å². The summed E-state index contributed by atoms with van der Waals surface area (Å²) in [7, 11) is -0.685. The molecule has 0 saturated carbocycles. The van der Waals surface area contributed by atoms with Crippen molar-refractivity contribution in [1.82, 2.24) is 5.32 Å². The molecular weight excluding hydrogens is 284 g/mol. The second kappa shape index (κ2) is 5.97. The quantitative estimate of drug-likeness (QED) is 0.924. The molecule has 0 radical (unpaired) electrons. The van der Waals surface area contributed by atoms with Crippen molar-refractivity contribution in [1.29, 1.82) is 0 Å². The minimum Gasteiger partial charge on any atom is -0.374 e. The van der Waals surface area contributed by atoms with Gasteiger partial charge in [0.1, 0.15) is 0 Å². The molecule has 5 heteroatoms. The highest BCUT2D eigenvalue weighted by atomic mass is 32.2. The Hall–Kier alpha value is -1.07. The lowest BCUT2D eigenvalue weighted by Gasteiger charge is -2.28. The molecule has 1 N–H and O–H groups in total. The van der Waals surface area contributed by atoms with Crippen molar-refractivity contribution in [2.24, 2.45) is 0 Å². The van der Waals surface area contributed by atoms with Gasteiger partial charge >= 0.3 is 0 Å². The zero-order valence-corrected chi connectivity index (χ0v) is 13.5. The zero-order chi connectivity index (χ0) is 14.9. The fraction of sp³-hybridized carbons (Fsp3) is 0.625. The van der Waals surface area contributed by atoms with Gasteiger partial charge in [-0.15, -0.1) is 0 Å². The maximum atomic E-state index is 11.7. The van der Waals surface area contributed by atoms with E-state index in [9.17, 15) is 8.42 Å². The highest BCUT2D eigenvalue weighted by molar-refractivity contribution is 7.91. The van der Waals surface area contributed by atoms with Crippen molar-refractivity contribution >= 4 is 15.5 Å². The largest absolute Gasteiger partial charge is 0.374 e. The molecule has 1 aromatic rings. The number of nitrogens with zero attached hydrogens (tertiary/aromatic N) is 1. The van der Waals surface area contributed by atoms with Crippen LogP contribution in [0.15, 0.2) is 18.2 Å². The van der Waals surface area contributed by atoms with E-state index in [4.69, 9.17) is 0 Å². The van der Waals surface area contributed by atoms with Crippen molar-refractivity contribution in [3.63, 3.8) is 0 Å². The van der Waals surface area contributed by atoms with E-state index in [1.165, 1.54) is 23.2 Å². The van der Waals surface area contributed by atoms with E-state index in [-0.39, 0.29) is 6.04 Å². The number of anilines is 1. The molecule has 4 nitrogen and oxygen atoms in total. The summed E-state index contributed by atoms with van der Waals surface area (Å²) in [6.07, 6.45) is 4.11. The van der Waals surface area contributed by atoms with Gasteiger partial charge in [0.2, 0.25) is 0 Å². The van der Waals surface area contributed by atoms with Crippen LogP contribution in [0, 0.1) is 0 Å². The van der Waals surface area contributed by atoms with Crippen LogP contribution in [0.5, 0.6) is 0 Å². The number of fused-ring (bicyclic) bond motifs is 1. The molecule has 1 aromatic carbocycles. The number of nitrogens with one attached hydrogen (secondary N) is 1. The summed E-state index contributed by atoms with van der Waals surface area (Å²) in [5, 5.41) is 3.42. The Bertz CT molecular complexity index is 613. The Morgan fingerprint density at radius 2 is 2.19 bits per heavy atom. The Morgan fingerprint density at radius 3 is 3.00 bits per heavy atom. The summed E-state index contributed by atoms with van der Waals surface area (Å²) >= 11 is 0. The van der Waals surface area contributed by atoms with E-state index in [2.05, 4.69) is 35.5 Å². The van der Waals surface area contributed by atoms with Gasteiger partial charge in [0, 0.05) is 31.9 Å². The van der Waals surface area contributed by atoms with E-state index in [1.807, 2.05) is 0 Å². The molecule has 2 heterocycles. The second-order valence-electron chi connectivity index (χ2n) is 6.32. The van der Waals surface area contributed by atoms with Crippen LogP contribution in [0.1, 0.15) is 30.4 Å². The number of benzene rings is 1. The SMILES string of the molecule is CN1CCCc2cc(CNC3CCCS(=O)(=O)C3)ccc21. The maximum Gasteiger partial charge on any atom is 0.151 e. The molecule has 1 fully saturated rings. The number of hydrogen-bond acceptors (Lipinski definition) is 4. The van der Waals surface area contributed by atoms with Crippen molar-refractivity contribution in [3.8, 4) is 0 Å². The average Bonchev–Trinajstić information content (AvgIpc) is 2.44. The predicted octanol–water partition coefficient (Wildman–Crippen LogP) is 1.74. The maximum absolute atomic E-state index is 11.7. The van der Waals surface area contributed by atoms with Crippen LogP contribution in [0.3, 0.4) is 0 Å². The van der Waals surface area contributed by atoms with E-state index < -0.39 is 9.84 Å². The van der Waals surface area contributed by atoms with Crippen LogP contribution in [0.4, 0.5) is 5.69 Å². The lowest BCUT2D eigenvalue weighted by Crippen LogP contribution is -2.39. The van der Waals surface area contributed by atoms with Gasteiger partial charge < -0.3 is 10.2 Å². The minimum atomic E-state index is -2.83. The molecule has 0 aromatic heterocycles. The van der Waals surface area contributed by atoms with Gasteiger partial charge in [-0.05, 0) is 42.9 Å². The summed E-state index contributed by atoms with van der Waals surface area (Å²) in [4.78, 5) is 2.31. The normalized spacial score (nSPS) is 24.6. The molecule has 3 rings (SSSR count). The van der Waals surface area contributed by atoms with Crippen molar-refractivity contribution in [2.75, 3.05) is 30.0 Å². The number of sulfone groups is 1. The van der Waals surface area contributed by atoms with Crippen molar-refractivity contribution < 1.29 is 8.42 Å². The summed E-state index contributed by atoms with van der Waals surface area (Å²) in [5.74, 6) is 0.650. The Balaban J connectivity index is 1.63. The van der Waals surface area contributed by atoms with E-state index in [1.54, 1.807) is 0 Å². The molecule has 21 heavy (non-hydrogen) atoms. The molecule has 0 amide bonds. The molecule has 0 aliphatic carbocycles. The first-order valence-electron chi connectivity index (χ1n) is 7.80. The molecule has 1 atom stereocenters. The van der Waals surface area contributed by atoms with Crippen molar-refractivity contribution in [2.45, 2.75) is 38.3 Å². The van der Waals surface area contributed by atoms with Crippen LogP contribution in [-0.2, 0) is 22.8 Å². The molecule has 1 unspecified atom stereocenters. The average molecular weight is 308 g/mol. The third kappa shape index (κ3) is 3.58. The van der Waals surface area contributed by atoms with E-state index in [0.717, 1.165) is 32.4 Å². The lowest BCUT2D eigenvalue weighted by molar-refractivity contribution is 0.480. The fourth-order valence-corrected chi connectivity index (χ4v) is 5.07. The van der Waals surface area contributed by atoms with Crippen LogP contribution < -0.4 is 10.2 Å². The van der Waals surface area contributed by atoms with Gasteiger partial charge in [-0.3, -0.25) is 0 Å². The Labute approximate surface area is 127 Å². The topological polar surface area (TPSA) is 49.4 Å². The first-order valence-corrected chi connectivity index (χ1v) is 9.62. The third-order valence-corrected chi connectivity index (χ3v) is 6.37. The highest BCUT2D eigenvalue weighted by Crippen LogP contribution is 2.26. The van der Waals surface area contributed by atoms with Crippen molar-refractivity contribution in [3.05, 3.63) is 29.3 Å². The number of aryl methyl sites for hydroxylation is 1. The molecule has 1 saturated heterocycles. The molecule has 0 bridgehead atoms. The molecule has 0 spiro atoms. The van der Waals surface area contributed by atoms with Gasteiger partial charge in [-0.2, -0.15) is 0 Å². The smallest absolute Gasteiger partial charge is 0.151 e. The fourth-order valence-electron chi connectivity index (χ4n) is 3.39. The van der Waals surface area contributed by atoms with Gasteiger partial charge in [-0.1, -0.05) is 12.1 Å². The standard InChI is InChI=1S/C16H24N2O2S/c1-18-8-2-4-14-10-13(6-7-16(14)18)11-17-15-5-3-9-21(19,20)12-15/h6-7,10,15,17H,2-5,8-9,11-12H2,1H3. The van der Waals surface area contributed by atoms with Crippen LogP contribution in [0.25, 0.3) is 0 Å². The summed E-state index contributed by atoms with van der Waals surface area (Å²) < 4.78 is 23.3. The first kappa shape index (κ1) is 14.9. The van der Waals surface area contributed by atoms with Crippen LogP contribution in [0.2, 0.25) is 0 Å². The van der Waals surface area contributed by atoms with E-state index >= 15 is 0 Å². The first-order chi connectivity index (χ1) is 10.0. The zero-order valence-electron chi connectivity index (χ0n) is 12.6. The number of rotatable bonds is 3. The van der Waals surface area contributed by atoms with Gasteiger partial charge in [0.25, 0.3) is 0 Å². The Morgan fingerprint density at radius 1 is 1.33 bits per heavy atom. The second-order valence-corrected chi connectivity index (χ2v) is 8.55. The number of hydrogen-bond donors (Lipinski definition) is 1. The summed E-state index contributed by atoms with van der Waals surface area (Å²) in [6.45, 7) is 1.89. The summed E-state index contributed by atoms with van der Waals surface area (Å²) in [6, 6.07) is 6.74. The predicted molar refractivity (Wildman–Crippen MR) is 86.5 cm³/mol. The summed E-state index contributed by atoms with van der Waals surface area (Å²) in [5.41, 5.74) is 4.01. The molecule has 2 aliphatic heterocycles. The minimum absolute atomic E-state index is 0.113. The van der Waals surface area contributed by atoms with Crippen LogP contribution in [-0.4, -0.2) is 39.6 Å². The molecular formula is C16H24N2O2S. The monoisotopic (exact) mass is 308 g/mol. The van der Waals surface area contributed by atoms with Gasteiger partial charge in [-0.25, -0.2) is 8.42 Å².